The van der Waals surface area contributed by atoms with Crippen molar-refractivity contribution in [3.8, 4) is 0 Å². The number of carboxylic acid groups (broad SMARTS) is 1. The molecule has 2 rings (SSSR count). The molecule has 0 radical (unpaired) electrons. The highest BCUT2D eigenvalue weighted by Crippen LogP contribution is 2.20. The number of nitrogens with zero attached hydrogens (tertiary/aromatic N) is 1. The number of carboxylic acids is 1. The molecule has 0 aliphatic heterocycles. The topological polar surface area (TPSA) is 96.4 Å². The summed E-state index contributed by atoms with van der Waals surface area (Å²) in [4.78, 5) is 14.8. The number of rotatable bonds is 4. The van der Waals surface area contributed by atoms with Gasteiger partial charge in [-0.25, -0.2) is 18.2 Å². The summed E-state index contributed by atoms with van der Waals surface area (Å²) < 4.78 is 27.5. The van der Waals surface area contributed by atoms with Gasteiger partial charge in [-0.1, -0.05) is 0 Å². The highest BCUT2D eigenvalue weighted by atomic mass is 79.9. The van der Waals surface area contributed by atoms with Gasteiger partial charge in [-0.05, 0) is 59.3 Å². The first-order valence-corrected chi connectivity index (χ1v) is 8.06. The van der Waals surface area contributed by atoms with Crippen LogP contribution in [0.4, 0.5) is 5.69 Å². The molecule has 6 nitrogen and oxygen atoms in total. The van der Waals surface area contributed by atoms with Crippen LogP contribution in [-0.4, -0.2) is 24.5 Å². The number of aromatic nitrogens is 1. The van der Waals surface area contributed by atoms with Gasteiger partial charge in [-0.3, -0.25) is 4.72 Å². The number of halogens is 1. The van der Waals surface area contributed by atoms with E-state index >= 15 is 0 Å². The third-order valence-corrected chi connectivity index (χ3v) is 4.53. The molecule has 1 aromatic carbocycles. The second-order valence-corrected chi connectivity index (χ2v) is 6.70. The molecule has 0 fully saturated rings. The average Bonchev–Trinajstić information content (AvgIpc) is 2.42. The smallest absolute Gasteiger partial charge is 0.335 e. The number of benzene rings is 1. The summed E-state index contributed by atoms with van der Waals surface area (Å²) in [5.74, 6) is -1.11. The van der Waals surface area contributed by atoms with Crippen molar-refractivity contribution in [2.24, 2.45) is 0 Å². The van der Waals surface area contributed by atoms with E-state index in [4.69, 9.17) is 5.11 Å². The van der Waals surface area contributed by atoms with Crippen LogP contribution in [0.5, 0.6) is 0 Å². The van der Waals surface area contributed by atoms with Gasteiger partial charge >= 0.3 is 5.97 Å². The summed E-state index contributed by atoms with van der Waals surface area (Å²) >= 11 is 3.20. The van der Waals surface area contributed by atoms with Crippen molar-refractivity contribution in [1.82, 2.24) is 4.98 Å². The summed E-state index contributed by atoms with van der Waals surface area (Å²) in [5, 5.41) is 8.80. The van der Waals surface area contributed by atoms with Gasteiger partial charge in [0, 0.05) is 0 Å². The zero-order chi connectivity index (χ0) is 15.6. The predicted octanol–water partition coefficient (Wildman–Crippen LogP) is 2.65. The first-order chi connectivity index (χ1) is 9.79. The van der Waals surface area contributed by atoms with Gasteiger partial charge in [-0.2, -0.15) is 0 Å². The minimum Gasteiger partial charge on any atom is -0.478 e. The molecule has 0 saturated heterocycles. The number of aromatic carboxylic acids is 1. The van der Waals surface area contributed by atoms with Crippen LogP contribution in [0.3, 0.4) is 0 Å². The molecule has 21 heavy (non-hydrogen) atoms. The molecule has 0 atom stereocenters. The molecule has 1 heterocycles. The summed E-state index contributed by atoms with van der Waals surface area (Å²) in [6.07, 6.45) is 0. The van der Waals surface area contributed by atoms with Crippen LogP contribution in [0.2, 0.25) is 0 Å². The Hall–Kier alpha value is -1.93. The standard InChI is InChI=1S/C13H11BrN2O4S/c1-8-11(6-7-12(14)15-8)16-21(19,20)10-4-2-9(3-5-10)13(17)18/h2-7,16H,1H3,(H,17,18). The van der Waals surface area contributed by atoms with Crippen molar-refractivity contribution in [2.45, 2.75) is 11.8 Å². The molecule has 1 aromatic heterocycles. The SMILES string of the molecule is Cc1nc(Br)ccc1NS(=O)(=O)c1ccc(C(=O)O)cc1. The molecule has 0 saturated carbocycles. The Bertz CT molecular complexity index is 788. The number of anilines is 1. The molecule has 8 heteroatoms. The normalized spacial score (nSPS) is 11.1. The largest absolute Gasteiger partial charge is 0.478 e. The van der Waals surface area contributed by atoms with Crippen LogP contribution in [0.15, 0.2) is 45.9 Å². The van der Waals surface area contributed by atoms with Crippen molar-refractivity contribution in [3.05, 3.63) is 52.3 Å². The van der Waals surface area contributed by atoms with E-state index < -0.39 is 16.0 Å². The lowest BCUT2D eigenvalue weighted by Gasteiger charge is -2.10. The van der Waals surface area contributed by atoms with Crippen molar-refractivity contribution in [3.63, 3.8) is 0 Å². The molecule has 0 unspecified atom stereocenters. The van der Waals surface area contributed by atoms with E-state index in [0.717, 1.165) is 0 Å². The Labute approximate surface area is 130 Å². The van der Waals surface area contributed by atoms with Crippen molar-refractivity contribution >= 4 is 37.6 Å². The molecular formula is C13H11BrN2O4S. The molecular weight excluding hydrogens is 360 g/mol. The predicted molar refractivity (Wildman–Crippen MR) is 80.9 cm³/mol. The molecule has 0 aliphatic carbocycles. The molecule has 0 amide bonds. The Kier molecular flexibility index (Phi) is 4.29. The fourth-order valence-electron chi connectivity index (χ4n) is 1.62. The van der Waals surface area contributed by atoms with Gasteiger partial charge in [0.1, 0.15) is 4.60 Å². The Morgan fingerprint density at radius 2 is 1.81 bits per heavy atom. The minimum atomic E-state index is -3.79. The van der Waals surface area contributed by atoms with Crippen LogP contribution in [0.1, 0.15) is 16.1 Å². The van der Waals surface area contributed by atoms with Gasteiger partial charge in [0.15, 0.2) is 0 Å². The summed E-state index contributed by atoms with van der Waals surface area (Å²) in [6.45, 7) is 1.68. The summed E-state index contributed by atoms with van der Waals surface area (Å²) in [5.41, 5.74) is 0.908. The molecule has 110 valence electrons. The van der Waals surface area contributed by atoms with Gasteiger partial charge in [0.05, 0.1) is 21.8 Å². The van der Waals surface area contributed by atoms with E-state index in [-0.39, 0.29) is 10.5 Å². The van der Waals surface area contributed by atoms with Crippen LogP contribution < -0.4 is 4.72 Å². The lowest BCUT2D eigenvalue weighted by atomic mass is 10.2. The van der Waals surface area contributed by atoms with E-state index in [1.54, 1.807) is 19.1 Å². The first-order valence-electron chi connectivity index (χ1n) is 5.79. The fraction of sp³-hybridized carbons (Fsp3) is 0.0769. The minimum absolute atomic E-state index is 0.0187. The maximum atomic E-state index is 12.2. The zero-order valence-electron chi connectivity index (χ0n) is 10.9. The van der Waals surface area contributed by atoms with Crippen molar-refractivity contribution in [1.29, 1.82) is 0 Å². The van der Waals surface area contributed by atoms with E-state index in [9.17, 15) is 13.2 Å². The highest BCUT2D eigenvalue weighted by molar-refractivity contribution is 9.10. The fourth-order valence-corrected chi connectivity index (χ4v) is 3.13. The summed E-state index contributed by atoms with van der Waals surface area (Å²) in [7, 11) is -3.79. The number of carbonyl (C=O) groups is 1. The number of hydrogen-bond donors (Lipinski definition) is 2. The quantitative estimate of drug-likeness (QED) is 0.806. The number of hydrogen-bond acceptors (Lipinski definition) is 4. The van der Waals surface area contributed by atoms with E-state index in [2.05, 4.69) is 25.6 Å². The zero-order valence-corrected chi connectivity index (χ0v) is 13.3. The van der Waals surface area contributed by atoms with Crippen molar-refractivity contribution in [2.75, 3.05) is 4.72 Å². The van der Waals surface area contributed by atoms with Gasteiger partial charge < -0.3 is 5.11 Å². The van der Waals surface area contributed by atoms with Crippen LogP contribution in [0.25, 0.3) is 0 Å². The van der Waals surface area contributed by atoms with Crippen LogP contribution in [0, 0.1) is 6.92 Å². The molecule has 0 aliphatic rings. The molecule has 0 bridgehead atoms. The molecule has 0 spiro atoms. The monoisotopic (exact) mass is 370 g/mol. The highest BCUT2D eigenvalue weighted by Gasteiger charge is 2.16. The second kappa shape index (κ2) is 5.82. The Morgan fingerprint density at radius 1 is 1.19 bits per heavy atom. The molecule has 2 aromatic rings. The third kappa shape index (κ3) is 3.59. The second-order valence-electron chi connectivity index (χ2n) is 4.20. The average molecular weight is 371 g/mol. The lowest BCUT2D eigenvalue weighted by Crippen LogP contribution is -2.14. The molecule has 2 N–H and O–H groups in total. The van der Waals surface area contributed by atoms with Crippen LogP contribution >= 0.6 is 15.9 Å². The van der Waals surface area contributed by atoms with E-state index in [0.29, 0.717) is 16.0 Å². The van der Waals surface area contributed by atoms with Gasteiger partial charge in [0.2, 0.25) is 0 Å². The van der Waals surface area contributed by atoms with E-state index in [1.165, 1.54) is 24.3 Å². The number of aryl methyl sites for hydroxylation is 1. The Balaban J connectivity index is 2.31. The number of sulfonamides is 1. The van der Waals surface area contributed by atoms with Gasteiger partial charge in [0.25, 0.3) is 10.0 Å². The maximum absolute atomic E-state index is 12.2. The van der Waals surface area contributed by atoms with Gasteiger partial charge in [-0.15, -0.1) is 0 Å². The number of nitrogens with one attached hydrogen (secondary N) is 1. The maximum Gasteiger partial charge on any atom is 0.335 e. The van der Waals surface area contributed by atoms with Crippen LogP contribution in [-0.2, 0) is 10.0 Å². The first kappa shape index (κ1) is 15.5. The third-order valence-electron chi connectivity index (χ3n) is 2.71. The number of pyridine rings is 1. The van der Waals surface area contributed by atoms with E-state index in [1.807, 2.05) is 0 Å². The Morgan fingerprint density at radius 3 is 2.33 bits per heavy atom. The van der Waals surface area contributed by atoms with Crippen molar-refractivity contribution < 1.29 is 18.3 Å². The summed E-state index contributed by atoms with van der Waals surface area (Å²) in [6, 6.07) is 8.18. The lowest BCUT2D eigenvalue weighted by molar-refractivity contribution is 0.0697.